The summed E-state index contributed by atoms with van der Waals surface area (Å²) in [6, 6.07) is 9.19. The molecule has 1 N–H and O–H groups in total. The van der Waals surface area contributed by atoms with Crippen LogP contribution in [0.5, 0.6) is 0 Å². The molecular weight excluding hydrogens is 444 g/mol. The third-order valence-electron chi connectivity index (χ3n) is 5.03. The number of fused-ring (bicyclic) bond motifs is 1. The maximum absolute atomic E-state index is 12.9. The molecule has 8 heteroatoms. The summed E-state index contributed by atoms with van der Waals surface area (Å²) in [6.07, 6.45) is 0.752. The normalized spacial score (nSPS) is 12.0. The molecule has 0 atom stereocenters. The monoisotopic (exact) mass is 472 g/mol. The van der Waals surface area contributed by atoms with Crippen molar-refractivity contribution in [1.29, 1.82) is 0 Å². The van der Waals surface area contributed by atoms with Crippen molar-refractivity contribution in [3.63, 3.8) is 0 Å². The zero-order chi connectivity index (χ0) is 24.6. The van der Waals surface area contributed by atoms with Crippen molar-refractivity contribution in [3.05, 3.63) is 46.6 Å². The lowest BCUT2D eigenvalue weighted by Crippen LogP contribution is -2.35. The highest BCUT2D eigenvalue weighted by atomic mass is 35.5. The van der Waals surface area contributed by atoms with Gasteiger partial charge in [-0.2, -0.15) is 0 Å². The number of methoxy groups -OCH3 is 2. The molecule has 0 radical (unpaired) electrons. The number of benzene rings is 1. The zero-order valence-electron chi connectivity index (χ0n) is 20.0. The first kappa shape index (κ1) is 24.6. The fourth-order valence-corrected chi connectivity index (χ4v) is 4.46. The molecule has 33 heavy (non-hydrogen) atoms. The Morgan fingerprint density at radius 3 is 2.24 bits per heavy atom. The number of carbonyl (C=O) groups is 2. The second kappa shape index (κ2) is 9.06. The number of halogens is 1. The maximum atomic E-state index is 12.9. The average Bonchev–Trinajstić information content (AvgIpc) is 3.08. The number of esters is 2. The van der Waals surface area contributed by atoms with Crippen LogP contribution in [0.25, 0.3) is 22.2 Å². The summed E-state index contributed by atoms with van der Waals surface area (Å²) < 4.78 is 16.1. The summed E-state index contributed by atoms with van der Waals surface area (Å²) in [5.74, 6) is -1.29. The summed E-state index contributed by atoms with van der Waals surface area (Å²) >= 11 is 6.49. The van der Waals surface area contributed by atoms with Crippen LogP contribution in [0.3, 0.4) is 0 Å². The molecule has 0 fully saturated rings. The molecule has 7 nitrogen and oxygen atoms in total. The number of carbonyl (C=O) groups excluding carboxylic acids is 2. The van der Waals surface area contributed by atoms with Gasteiger partial charge in [0.1, 0.15) is 16.3 Å². The molecule has 1 aromatic carbocycles. The number of aromatic nitrogens is 1. The van der Waals surface area contributed by atoms with E-state index in [2.05, 4.69) is 31.1 Å². The number of hydrogen-bond donors (Lipinski definition) is 1. The Hall–Kier alpha value is -3.06. The lowest BCUT2D eigenvalue weighted by Gasteiger charge is -2.33. The number of ether oxygens (including phenoxy) is 2. The quantitative estimate of drug-likeness (QED) is 0.330. The molecule has 0 saturated carbocycles. The van der Waals surface area contributed by atoms with Gasteiger partial charge in [-0.15, -0.1) is 0 Å². The highest BCUT2D eigenvalue weighted by Crippen LogP contribution is 2.41. The van der Waals surface area contributed by atoms with E-state index in [9.17, 15) is 9.59 Å². The number of anilines is 1. The molecule has 0 amide bonds. The molecule has 0 saturated heterocycles. The first-order chi connectivity index (χ1) is 15.4. The van der Waals surface area contributed by atoms with Crippen LogP contribution >= 0.6 is 11.6 Å². The largest absolute Gasteiger partial charge is 0.465 e. The van der Waals surface area contributed by atoms with Crippen LogP contribution in [0, 0.1) is 5.41 Å². The van der Waals surface area contributed by atoms with Gasteiger partial charge in [-0.3, -0.25) is 0 Å². The molecule has 2 aromatic heterocycles. The average molecular weight is 473 g/mol. The van der Waals surface area contributed by atoms with Gasteiger partial charge in [0.15, 0.2) is 5.76 Å². The number of furan rings is 1. The smallest absolute Gasteiger partial charge is 0.344 e. The molecule has 0 aliphatic rings. The number of nitrogens with one attached hydrogen (secondary N) is 1. The molecular formula is C25H29ClN2O5. The molecule has 2 heterocycles. The number of pyridine rings is 1. The van der Waals surface area contributed by atoms with Crippen LogP contribution in [0.4, 0.5) is 5.88 Å². The second-order valence-corrected chi connectivity index (χ2v) is 10.1. The summed E-state index contributed by atoms with van der Waals surface area (Å²) in [6.45, 7) is 10.3. The predicted molar refractivity (Wildman–Crippen MR) is 129 cm³/mol. The van der Waals surface area contributed by atoms with E-state index in [-0.39, 0.29) is 33.3 Å². The van der Waals surface area contributed by atoms with E-state index in [0.29, 0.717) is 11.1 Å². The molecule has 0 aliphatic carbocycles. The highest BCUT2D eigenvalue weighted by molar-refractivity contribution is 6.33. The van der Waals surface area contributed by atoms with E-state index >= 15 is 0 Å². The van der Waals surface area contributed by atoms with Gasteiger partial charge in [0.05, 0.1) is 25.3 Å². The lowest BCUT2D eigenvalue weighted by atomic mass is 9.82. The van der Waals surface area contributed by atoms with E-state index in [1.54, 1.807) is 6.07 Å². The summed E-state index contributed by atoms with van der Waals surface area (Å²) in [5, 5.41) is 4.21. The van der Waals surface area contributed by atoms with Gasteiger partial charge in [-0.25, -0.2) is 14.6 Å². The second-order valence-electron chi connectivity index (χ2n) is 9.76. The van der Waals surface area contributed by atoms with Crippen molar-refractivity contribution in [2.45, 2.75) is 46.6 Å². The molecule has 176 valence electrons. The molecule has 0 aliphatic heterocycles. The summed E-state index contributed by atoms with van der Waals surface area (Å²) in [4.78, 5) is 30.1. The van der Waals surface area contributed by atoms with Gasteiger partial charge in [0.25, 0.3) is 0 Å². The first-order valence-corrected chi connectivity index (χ1v) is 10.9. The van der Waals surface area contributed by atoms with Crippen molar-refractivity contribution in [1.82, 2.24) is 4.98 Å². The Bertz CT molecular complexity index is 1210. The third kappa shape index (κ3) is 5.30. The molecule has 0 bridgehead atoms. The maximum Gasteiger partial charge on any atom is 0.344 e. The third-order valence-corrected chi connectivity index (χ3v) is 5.32. The van der Waals surface area contributed by atoms with Crippen LogP contribution in [0.2, 0.25) is 5.15 Å². The van der Waals surface area contributed by atoms with Crippen molar-refractivity contribution < 1.29 is 23.5 Å². The van der Waals surface area contributed by atoms with E-state index < -0.39 is 17.5 Å². The fourth-order valence-electron chi connectivity index (χ4n) is 4.23. The number of para-hydroxylation sites is 1. The Kier molecular flexibility index (Phi) is 6.75. The van der Waals surface area contributed by atoms with Gasteiger partial charge in [-0.1, -0.05) is 50.6 Å². The van der Waals surface area contributed by atoms with E-state index in [1.165, 1.54) is 14.2 Å². The molecule has 0 unspecified atom stereocenters. The number of rotatable bonds is 6. The highest BCUT2D eigenvalue weighted by Gasteiger charge is 2.36. The van der Waals surface area contributed by atoms with Crippen LogP contribution in [0.1, 0.15) is 61.8 Å². The topological polar surface area (TPSA) is 90.7 Å². The Morgan fingerprint density at radius 2 is 1.64 bits per heavy atom. The SMILES string of the molecule is COC(=O)c1c(NC(C)(C)CC(C)(C)C)oc(-c2cc3ccccc3nc2Cl)c1C(=O)OC. The van der Waals surface area contributed by atoms with Gasteiger partial charge >= 0.3 is 11.9 Å². The Morgan fingerprint density at radius 1 is 1.03 bits per heavy atom. The van der Waals surface area contributed by atoms with E-state index in [4.69, 9.17) is 25.5 Å². The molecule has 3 aromatic rings. The Balaban J connectivity index is 2.28. The van der Waals surface area contributed by atoms with Crippen LogP contribution < -0.4 is 5.32 Å². The Labute approximate surface area is 198 Å². The summed E-state index contributed by atoms with van der Waals surface area (Å²) in [5.41, 5.74) is 0.448. The van der Waals surface area contributed by atoms with Crippen molar-refractivity contribution in [2.24, 2.45) is 5.41 Å². The van der Waals surface area contributed by atoms with E-state index in [0.717, 1.165) is 11.8 Å². The number of hydrogen-bond acceptors (Lipinski definition) is 7. The van der Waals surface area contributed by atoms with Gasteiger partial charge in [-0.05, 0) is 37.8 Å². The van der Waals surface area contributed by atoms with E-state index in [1.807, 2.05) is 38.1 Å². The minimum absolute atomic E-state index is 0.00585. The predicted octanol–water partition coefficient (Wildman–Crippen LogP) is 6.35. The van der Waals surface area contributed by atoms with Crippen LogP contribution in [0.15, 0.2) is 34.7 Å². The fraction of sp³-hybridized carbons (Fsp3) is 0.400. The minimum atomic E-state index is -0.750. The van der Waals surface area contributed by atoms with Gasteiger partial charge in [0.2, 0.25) is 5.88 Å². The van der Waals surface area contributed by atoms with Crippen molar-refractivity contribution in [3.8, 4) is 11.3 Å². The van der Waals surface area contributed by atoms with Gasteiger partial charge < -0.3 is 19.2 Å². The van der Waals surface area contributed by atoms with Crippen LogP contribution in [-0.4, -0.2) is 36.7 Å². The van der Waals surface area contributed by atoms with Crippen LogP contribution in [-0.2, 0) is 9.47 Å². The lowest BCUT2D eigenvalue weighted by molar-refractivity contribution is 0.0557. The number of nitrogens with zero attached hydrogens (tertiary/aromatic N) is 1. The first-order valence-electron chi connectivity index (χ1n) is 10.5. The molecule has 0 spiro atoms. The zero-order valence-corrected chi connectivity index (χ0v) is 20.7. The van der Waals surface area contributed by atoms with Gasteiger partial charge in [0, 0.05) is 10.9 Å². The summed E-state index contributed by atoms with van der Waals surface area (Å²) in [7, 11) is 2.47. The molecule has 3 rings (SSSR count). The van der Waals surface area contributed by atoms with Crippen molar-refractivity contribution >= 4 is 40.3 Å². The standard InChI is InChI=1S/C25H29ClN2O5/c1-24(2,3)13-25(4,5)28-21-18(23(30)32-7)17(22(29)31-6)19(33-21)15-12-14-10-8-9-11-16(14)27-20(15)26/h8-12,28H,13H2,1-7H3. The minimum Gasteiger partial charge on any atom is -0.465 e. The van der Waals surface area contributed by atoms with Crippen molar-refractivity contribution in [2.75, 3.05) is 19.5 Å².